The summed E-state index contributed by atoms with van der Waals surface area (Å²) >= 11 is 0. The number of ketones is 1. The maximum atomic E-state index is 13.3. The van der Waals surface area contributed by atoms with Gasteiger partial charge in [0, 0.05) is 17.2 Å². The fraction of sp³-hybridized carbons (Fsp3) is 0.550. The second-order valence-electron chi connectivity index (χ2n) is 8.27. The van der Waals surface area contributed by atoms with Gasteiger partial charge in [0.1, 0.15) is 65.4 Å². The van der Waals surface area contributed by atoms with Crippen LogP contribution in [0.15, 0.2) is 46.3 Å². The predicted molar refractivity (Wildman–Crippen MR) is 100 cm³/mol. The molecule has 2 heterocycles. The second-order valence-corrected chi connectivity index (χ2v) is 8.27. The van der Waals surface area contributed by atoms with Crippen molar-refractivity contribution in [3.05, 3.63) is 46.3 Å². The first-order chi connectivity index (χ1) is 14.5. The molecule has 0 bridgehead atoms. The highest BCUT2D eigenvalue weighted by Crippen LogP contribution is 2.50. The van der Waals surface area contributed by atoms with Crippen LogP contribution < -0.4 is 0 Å². The van der Waals surface area contributed by atoms with Gasteiger partial charge in [0.25, 0.3) is 0 Å². The fourth-order valence-corrected chi connectivity index (χ4v) is 4.48. The van der Waals surface area contributed by atoms with Crippen LogP contribution in [0.5, 0.6) is 0 Å². The normalized spacial score (nSPS) is 43.0. The number of aliphatic hydroxyl groups is 8. The molecule has 11 nitrogen and oxygen atoms in total. The lowest BCUT2D eigenvalue weighted by Crippen LogP contribution is -2.62. The van der Waals surface area contributed by atoms with E-state index in [1.54, 1.807) is 0 Å². The van der Waals surface area contributed by atoms with Gasteiger partial charge in [-0.2, -0.15) is 0 Å². The zero-order chi connectivity index (χ0) is 22.8. The van der Waals surface area contributed by atoms with Gasteiger partial charge in [-0.05, 0) is 13.0 Å². The Balaban J connectivity index is 1.77. The first kappa shape index (κ1) is 21.8. The molecule has 8 N–H and O–H groups in total. The number of Topliss-reactive ketones (excluding diaryl/α,β-unsaturated/α-hetero) is 1. The molecule has 2 fully saturated rings. The molecule has 0 aromatic heterocycles. The summed E-state index contributed by atoms with van der Waals surface area (Å²) in [6, 6.07) is 0. The number of carbonyl (C=O) groups is 1. The van der Waals surface area contributed by atoms with E-state index in [0.29, 0.717) is 0 Å². The summed E-state index contributed by atoms with van der Waals surface area (Å²) in [5.74, 6) is -2.19. The topological polar surface area (TPSA) is 197 Å². The fourth-order valence-electron chi connectivity index (χ4n) is 4.48. The van der Waals surface area contributed by atoms with E-state index >= 15 is 0 Å². The van der Waals surface area contributed by atoms with Crippen LogP contribution in [0.25, 0.3) is 0 Å². The van der Waals surface area contributed by atoms with Crippen molar-refractivity contribution in [2.24, 2.45) is 5.41 Å². The molecule has 2 aliphatic carbocycles. The van der Waals surface area contributed by atoms with Gasteiger partial charge in [-0.15, -0.1) is 0 Å². The Morgan fingerprint density at radius 3 is 2.35 bits per heavy atom. The zero-order valence-corrected chi connectivity index (χ0v) is 16.4. The molecule has 4 rings (SSSR count). The van der Waals surface area contributed by atoms with Crippen LogP contribution in [0.2, 0.25) is 0 Å². The highest BCUT2D eigenvalue weighted by atomic mass is 16.5. The second kappa shape index (κ2) is 7.33. The van der Waals surface area contributed by atoms with E-state index in [4.69, 9.17) is 9.47 Å². The summed E-state index contributed by atoms with van der Waals surface area (Å²) < 4.78 is 11.2. The predicted octanol–water partition coefficient (Wildman–Crippen LogP) is -1.47. The van der Waals surface area contributed by atoms with Gasteiger partial charge in [-0.25, -0.2) is 0 Å². The first-order valence-corrected chi connectivity index (χ1v) is 9.70. The third-order valence-corrected chi connectivity index (χ3v) is 6.43. The van der Waals surface area contributed by atoms with E-state index in [1.165, 1.54) is 6.92 Å². The molecule has 31 heavy (non-hydrogen) atoms. The third kappa shape index (κ3) is 3.00. The average molecular weight is 440 g/mol. The summed E-state index contributed by atoms with van der Waals surface area (Å²) in [4.78, 5) is 13.3. The third-order valence-electron chi connectivity index (χ3n) is 6.43. The molecule has 0 aromatic carbocycles. The van der Waals surface area contributed by atoms with E-state index in [2.05, 4.69) is 0 Å². The number of allylic oxidation sites excluding steroid dienone is 2. The molecular weight excluding hydrogens is 416 g/mol. The molecule has 0 radical (unpaired) electrons. The highest BCUT2D eigenvalue weighted by molar-refractivity contribution is 6.05. The van der Waals surface area contributed by atoms with Crippen LogP contribution >= 0.6 is 0 Å². The molecule has 0 aromatic rings. The minimum Gasteiger partial charge on any atom is -0.508 e. The lowest BCUT2D eigenvalue weighted by Gasteiger charge is -2.48. The summed E-state index contributed by atoms with van der Waals surface area (Å²) in [6.07, 6.45) is -8.80. The van der Waals surface area contributed by atoms with Gasteiger partial charge in [-0.1, -0.05) is 0 Å². The molecule has 4 aliphatic rings. The van der Waals surface area contributed by atoms with Gasteiger partial charge in [0.15, 0.2) is 11.5 Å². The summed E-state index contributed by atoms with van der Waals surface area (Å²) in [5, 5.41) is 81.2. The van der Waals surface area contributed by atoms with Crippen molar-refractivity contribution in [2.45, 2.75) is 56.1 Å². The summed E-state index contributed by atoms with van der Waals surface area (Å²) in [6.45, 7) is 0.629. The van der Waals surface area contributed by atoms with Crippen molar-refractivity contribution < 1.29 is 55.1 Å². The minimum atomic E-state index is -1.79. The van der Waals surface area contributed by atoms with Crippen molar-refractivity contribution >= 4 is 5.78 Å². The summed E-state index contributed by atoms with van der Waals surface area (Å²) in [7, 11) is 0. The zero-order valence-electron chi connectivity index (χ0n) is 16.4. The minimum absolute atomic E-state index is 0.00328. The lowest BCUT2D eigenvalue weighted by atomic mass is 9.65. The molecule has 0 saturated carbocycles. The number of carbonyl (C=O) groups excluding carboxylic acids is 1. The van der Waals surface area contributed by atoms with Crippen LogP contribution in [-0.4, -0.2) is 96.0 Å². The van der Waals surface area contributed by atoms with Crippen molar-refractivity contribution in [3.8, 4) is 0 Å². The SMILES string of the molecule is CC12C(=O)C3=CC(O)=C(O)CC3OC1=CC(O)=C(C1OC(CO)C(O)C(O)C1O)C2O. The largest absolute Gasteiger partial charge is 0.508 e. The van der Waals surface area contributed by atoms with Gasteiger partial charge in [0.05, 0.1) is 13.0 Å². The van der Waals surface area contributed by atoms with Crippen molar-refractivity contribution in [1.82, 2.24) is 0 Å². The van der Waals surface area contributed by atoms with Gasteiger partial charge in [0.2, 0.25) is 0 Å². The van der Waals surface area contributed by atoms with Crippen LogP contribution in [0.4, 0.5) is 0 Å². The molecule has 170 valence electrons. The number of hydrogen-bond acceptors (Lipinski definition) is 11. The standard InChI is InChI=1S/C20H24O11/c1-20-12(30-10-3-8(23)7(22)2-6(10)18(20)28)4-9(24)13(19(20)29)17-16(27)15(26)14(25)11(5-21)31-17/h2,4,10-11,14-17,19,21-27,29H,3,5H2,1H3. The Bertz CT molecular complexity index is 929. The number of hydrogen-bond donors (Lipinski definition) is 8. The van der Waals surface area contributed by atoms with E-state index < -0.39 is 72.1 Å². The van der Waals surface area contributed by atoms with Crippen LogP contribution in [0.3, 0.4) is 0 Å². The number of aliphatic hydroxyl groups excluding tert-OH is 8. The average Bonchev–Trinajstić information content (AvgIpc) is 2.72. The molecular formula is C20H24O11. The molecule has 2 saturated heterocycles. The Morgan fingerprint density at radius 1 is 1.03 bits per heavy atom. The first-order valence-electron chi connectivity index (χ1n) is 9.70. The maximum absolute atomic E-state index is 13.3. The smallest absolute Gasteiger partial charge is 0.179 e. The Hall–Kier alpha value is -2.41. The Kier molecular flexibility index (Phi) is 5.16. The number of rotatable bonds is 2. The van der Waals surface area contributed by atoms with E-state index in [1.807, 2.05) is 0 Å². The quantitative estimate of drug-likeness (QED) is 0.249. The molecule has 8 atom stereocenters. The van der Waals surface area contributed by atoms with Crippen molar-refractivity contribution in [2.75, 3.05) is 6.61 Å². The molecule has 2 aliphatic heterocycles. The Labute approximate surface area is 176 Å². The van der Waals surface area contributed by atoms with Gasteiger partial charge < -0.3 is 50.3 Å². The van der Waals surface area contributed by atoms with E-state index in [0.717, 1.165) is 12.2 Å². The van der Waals surface area contributed by atoms with Gasteiger partial charge in [-0.3, -0.25) is 4.79 Å². The van der Waals surface area contributed by atoms with Gasteiger partial charge >= 0.3 is 0 Å². The molecule has 0 amide bonds. The molecule has 0 spiro atoms. The molecule has 8 unspecified atom stereocenters. The Morgan fingerprint density at radius 2 is 1.71 bits per heavy atom. The monoisotopic (exact) mass is 440 g/mol. The van der Waals surface area contributed by atoms with Crippen LogP contribution in [-0.2, 0) is 14.3 Å². The highest BCUT2D eigenvalue weighted by Gasteiger charge is 2.59. The summed E-state index contributed by atoms with van der Waals surface area (Å²) in [5.41, 5.74) is -2.11. The van der Waals surface area contributed by atoms with Crippen molar-refractivity contribution in [1.29, 1.82) is 0 Å². The molecule has 11 heteroatoms. The van der Waals surface area contributed by atoms with E-state index in [9.17, 15) is 45.6 Å². The maximum Gasteiger partial charge on any atom is 0.179 e. The lowest BCUT2D eigenvalue weighted by molar-refractivity contribution is -0.223. The van der Waals surface area contributed by atoms with E-state index in [-0.39, 0.29) is 29.1 Å². The van der Waals surface area contributed by atoms with Crippen LogP contribution in [0.1, 0.15) is 13.3 Å². The number of ether oxygens (including phenoxy) is 2. The van der Waals surface area contributed by atoms with Crippen molar-refractivity contribution in [3.63, 3.8) is 0 Å². The number of fused-ring (bicyclic) bond motifs is 2. The van der Waals surface area contributed by atoms with Crippen LogP contribution in [0, 0.1) is 5.41 Å².